The molecule has 0 radical (unpaired) electrons. The van der Waals surface area contributed by atoms with Crippen LogP contribution in [0, 0.1) is 10.1 Å². The molecule has 21 heavy (non-hydrogen) atoms. The normalized spacial score (nSPS) is 12.6. The summed E-state index contributed by atoms with van der Waals surface area (Å²) >= 11 is 0. The third kappa shape index (κ3) is 2.73. The smallest absolute Gasteiger partial charge is 0.313 e. The SMILES string of the molecule is O=[N+]([O-])c1cccnc1N/N=C\c1ccc2c(c1)OCO2. The van der Waals surface area contributed by atoms with E-state index in [1.165, 1.54) is 24.5 Å². The van der Waals surface area contributed by atoms with Crippen LogP contribution in [0.15, 0.2) is 41.6 Å². The Kier molecular flexibility index (Phi) is 3.34. The monoisotopic (exact) mass is 286 g/mol. The maximum Gasteiger partial charge on any atom is 0.313 e. The van der Waals surface area contributed by atoms with Crippen molar-refractivity contribution in [3.8, 4) is 11.5 Å². The van der Waals surface area contributed by atoms with Gasteiger partial charge >= 0.3 is 5.69 Å². The van der Waals surface area contributed by atoms with Gasteiger partial charge in [0.2, 0.25) is 12.6 Å². The van der Waals surface area contributed by atoms with E-state index < -0.39 is 4.92 Å². The molecule has 2 heterocycles. The van der Waals surface area contributed by atoms with Crippen LogP contribution in [0.1, 0.15) is 5.56 Å². The standard InChI is InChI=1S/C13H10N4O4/c18-17(19)10-2-1-5-14-13(10)16-15-7-9-3-4-11-12(6-9)21-8-20-11/h1-7H,8H2,(H,14,16)/b15-7-. The van der Waals surface area contributed by atoms with E-state index in [1.54, 1.807) is 18.2 Å². The first-order valence-corrected chi connectivity index (χ1v) is 6.02. The third-order valence-corrected chi connectivity index (χ3v) is 2.76. The third-order valence-electron chi connectivity index (χ3n) is 2.76. The Bertz CT molecular complexity index is 717. The fourth-order valence-corrected chi connectivity index (χ4v) is 1.79. The number of fused-ring (bicyclic) bond motifs is 1. The zero-order chi connectivity index (χ0) is 14.7. The molecule has 0 aliphatic carbocycles. The lowest BCUT2D eigenvalue weighted by atomic mass is 10.2. The zero-order valence-corrected chi connectivity index (χ0v) is 10.7. The average molecular weight is 286 g/mol. The molecular weight excluding hydrogens is 276 g/mol. The van der Waals surface area contributed by atoms with Crippen LogP contribution in [-0.2, 0) is 0 Å². The van der Waals surface area contributed by atoms with Gasteiger partial charge in [-0.3, -0.25) is 15.5 Å². The molecule has 106 valence electrons. The largest absolute Gasteiger partial charge is 0.454 e. The molecule has 1 aliphatic heterocycles. The van der Waals surface area contributed by atoms with Gasteiger partial charge in [-0.2, -0.15) is 5.10 Å². The van der Waals surface area contributed by atoms with Crippen molar-refractivity contribution in [2.24, 2.45) is 5.10 Å². The highest BCUT2D eigenvalue weighted by molar-refractivity contribution is 5.81. The molecule has 0 atom stereocenters. The zero-order valence-electron chi connectivity index (χ0n) is 10.7. The number of nitro groups is 1. The maximum absolute atomic E-state index is 10.8. The van der Waals surface area contributed by atoms with Crippen LogP contribution in [0.5, 0.6) is 11.5 Å². The summed E-state index contributed by atoms with van der Waals surface area (Å²) in [5.41, 5.74) is 3.19. The molecule has 0 bridgehead atoms. The van der Waals surface area contributed by atoms with Crippen LogP contribution in [0.2, 0.25) is 0 Å². The highest BCUT2D eigenvalue weighted by Gasteiger charge is 2.14. The van der Waals surface area contributed by atoms with Crippen LogP contribution in [-0.4, -0.2) is 22.9 Å². The highest BCUT2D eigenvalue weighted by atomic mass is 16.7. The second-order valence-electron chi connectivity index (χ2n) is 4.11. The Morgan fingerprint density at radius 2 is 2.19 bits per heavy atom. The Morgan fingerprint density at radius 1 is 1.33 bits per heavy atom. The van der Waals surface area contributed by atoms with Gasteiger partial charge in [-0.15, -0.1) is 0 Å². The van der Waals surface area contributed by atoms with Gasteiger partial charge in [-0.05, 0) is 29.8 Å². The van der Waals surface area contributed by atoms with Crippen LogP contribution in [0.3, 0.4) is 0 Å². The number of hydrogen-bond donors (Lipinski definition) is 1. The summed E-state index contributed by atoms with van der Waals surface area (Å²) in [5.74, 6) is 1.41. The fourth-order valence-electron chi connectivity index (χ4n) is 1.79. The molecule has 0 unspecified atom stereocenters. The highest BCUT2D eigenvalue weighted by Crippen LogP contribution is 2.32. The quantitative estimate of drug-likeness (QED) is 0.525. The minimum Gasteiger partial charge on any atom is -0.454 e. The van der Waals surface area contributed by atoms with Gasteiger partial charge in [0.15, 0.2) is 11.5 Å². The Morgan fingerprint density at radius 3 is 3.05 bits per heavy atom. The van der Waals surface area contributed by atoms with E-state index in [1.807, 2.05) is 0 Å². The Balaban J connectivity index is 1.74. The molecule has 1 N–H and O–H groups in total. The Hall–Kier alpha value is -3.16. The van der Waals surface area contributed by atoms with Gasteiger partial charge in [0.1, 0.15) is 0 Å². The van der Waals surface area contributed by atoms with Crippen molar-refractivity contribution >= 4 is 17.7 Å². The summed E-state index contributed by atoms with van der Waals surface area (Å²) in [6.07, 6.45) is 2.96. The molecule has 8 nitrogen and oxygen atoms in total. The predicted octanol–water partition coefficient (Wildman–Crippen LogP) is 2.16. The molecule has 3 rings (SSSR count). The molecule has 2 aromatic rings. The molecular formula is C13H10N4O4. The number of rotatable bonds is 4. The van der Waals surface area contributed by atoms with Gasteiger partial charge in [0.05, 0.1) is 11.1 Å². The summed E-state index contributed by atoms with van der Waals surface area (Å²) in [5, 5.41) is 14.8. The number of benzene rings is 1. The fraction of sp³-hybridized carbons (Fsp3) is 0.0769. The van der Waals surface area contributed by atoms with Gasteiger partial charge in [-0.1, -0.05) is 0 Å². The van der Waals surface area contributed by atoms with E-state index in [4.69, 9.17) is 9.47 Å². The van der Waals surface area contributed by atoms with Crippen molar-refractivity contribution in [2.45, 2.75) is 0 Å². The van der Waals surface area contributed by atoms with E-state index in [0.717, 1.165) is 5.56 Å². The van der Waals surface area contributed by atoms with E-state index in [-0.39, 0.29) is 18.3 Å². The predicted molar refractivity (Wildman–Crippen MR) is 74.7 cm³/mol. The van der Waals surface area contributed by atoms with Gasteiger partial charge in [-0.25, -0.2) is 4.98 Å². The van der Waals surface area contributed by atoms with Crippen molar-refractivity contribution in [3.63, 3.8) is 0 Å². The topological polar surface area (TPSA) is 98.9 Å². The number of ether oxygens (including phenoxy) is 2. The molecule has 1 aromatic carbocycles. The molecule has 0 amide bonds. The van der Waals surface area contributed by atoms with Crippen LogP contribution in [0.25, 0.3) is 0 Å². The molecule has 0 fully saturated rings. The first kappa shape index (κ1) is 12.9. The lowest BCUT2D eigenvalue weighted by Gasteiger charge is -2.00. The van der Waals surface area contributed by atoms with Crippen LogP contribution in [0.4, 0.5) is 11.5 Å². The number of nitrogens with zero attached hydrogens (tertiary/aromatic N) is 3. The molecule has 8 heteroatoms. The van der Waals surface area contributed by atoms with Crippen molar-refractivity contribution in [1.82, 2.24) is 4.98 Å². The van der Waals surface area contributed by atoms with Crippen LogP contribution >= 0.6 is 0 Å². The van der Waals surface area contributed by atoms with Crippen LogP contribution < -0.4 is 14.9 Å². The van der Waals surface area contributed by atoms with Gasteiger partial charge in [0, 0.05) is 12.3 Å². The minimum atomic E-state index is -0.522. The molecule has 1 aliphatic rings. The number of hydrazone groups is 1. The van der Waals surface area contributed by atoms with Gasteiger partial charge in [0.25, 0.3) is 0 Å². The Labute approximate surface area is 119 Å². The van der Waals surface area contributed by atoms with Crippen molar-refractivity contribution in [2.75, 3.05) is 12.2 Å². The van der Waals surface area contributed by atoms with Gasteiger partial charge < -0.3 is 9.47 Å². The summed E-state index contributed by atoms with van der Waals surface area (Å²) in [6.45, 7) is 0.203. The van der Waals surface area contributed by atoms with E-state index in [0.29, 0.717) is 11.5 Å². The first-order chi connectivity index (χ1) is 10.2. The summed E-state index contributed by atoms with van der Waals surface area (Å²) in [7, 11) is 0. The lowest BCUT2D eigenvalue weighted by Crippen LogP contribution is -1.98. The summed E-state index contributed by atoms with van der Waals surface area (Å²) in [4.78, 5) is 14.2. The number of anilines is 1. The number of nitrogens with one attached hydrogen (secondary N) is 1. The van der Waals surface area contributed by atoms with Crippen molar-refractivity contribution < 1.29 is 14.4 Å². The minimum absolute atomic E-state index is 0.0829. The number of pyridine rings is 1. The number of aromatic nitrogens is 1. The maximum atomic E-state index is 10.8. The van der Waals surface area contributed by atoms with Crippen molar-refractivity contribution in [1.29, 1.82) is 0 Å². The lowest BCUT2D eigenvalue weighted by molar-refractivity contribution is -0.384. The molecule has 0 saturated carbocycles. The number of hydrogen-bond acceptors (Lipinski definition) is 7. The summed E-state index contributed by atoms with van der Waals surface area (Å²) in [6, 6.07) is 8.18. The molecule has 0 saturated heterocycles. The van der Waals surface area contributed by atoms with E-state index in [9.17, 15) is 10.1 Å². The molecule has 0 spiro atoms. The average Bonchev–Trinajstić information content (AvgIpc) is 2.95. The second kappa shape index (κ2) is 5.45. The van der Waals surface area contributed by atoms with E-state index >= 15 is 0 Å². The summed E-state index contributed by atoms with van der Waals surface area (Å²) < 4.78 is 10.5. The first-order valence-electron chi connectivity index (χ1n) is 6.02. The van der Waals surface area contributed by atoms with Crippen molar-refractivity contribution in [3.05, 3.63) is 52.2 Å². The molecule has 1 aromatic heterocycles. The van der Waals surface area contributed by atoms with E-state index in [2.05, 4.69) is 15.5 Å². The second-order valence-corrected chi connectivity index (χ2v) is 4.11.